The van der Waals surface area contributed by atoms with Crippen molar-refractivity contribution in [2.75, 3.05) is 6.61 Å². The number of allylic oxidation sites excluding steroid dienone is 4. The first-order chi connectivity index (χ1) is 13.9. The molecule has 30 heavy (non-hydrogen) atoms. The minimum Gasteiger partial charge on any atom is -0.458 e. The summed E-state index contributed by atoms with van der Waals surface area (Å²) in [6.07, 6.45) is 7.37. The van der Waals surface area contributed by atoms with Crippen LogP contribution < -0.4 is 0 Å². The molecule has 4 rings (SSSR count). The Kier molecular flexibility index (Phi) is 4.73. The summed E-state index contributed by atoms with van der Waals surface area (Å²) in [4.78, 5) is 49.7. The van der Waals surface area contributed by atoms with Crippen molar-refractivity contribution in [1.29, 1.82) is 0 Å². The first-order valence-corrected chi connectivity index (χ1v) is 10.8. The summed E-state index contributed by atoms with van der Waals surface area (Å²) in [5, 5.41) is 11.7. The average Bonchev–Trinajstić information content (AvgIpc) is 2.87. The quantitative estimate of drug-likeness (QED) is 0.713. The molecule has 0 heterocycles. The monoisotopic (exact) mass is 414 g/mol. The lowest BCUT2D eigenvalue weighted by molar-refractivity contribution is -0.176. The van der Waals surface area contributed by atoms with Crippen molar-refractivity contribution < 1.29 is 29.0 Å². The second kappa shape index (κ2) is 6.71. The Morgan fingerprint density at radius 3 is 2.63 bits per heavy atom. The van der Waals surface area contributed by atoms with E-state index in [0.717, 1.165) is 18.4 Å². The molecule has 0 aromatic heterocycles. The van der Waals surface area contributed by atoms with Crippen LogP contribution in [0.2, 0.25) is 0 Å². The molecule has 1 N–H and O–H groups in total. The number of carbonyl (C=O) groups is 4. The Bertz CT molecular complexity index is 899. The fourth-order valence-corrected chi connectivity index (χ4v) is 7.24. The summed E-state index contributed by atoms with van der Waals surface area (Å²) < 4.78 is 4.90. The van der Waals surface area contributed by atoms with E-state index in [1.165, 1.54) is 6.92 Å². The molecular weight excluding hydrogens is 384 g/mol. The maximum absolute atomic E-state index is 13.5. The zero-order chi connectivity index (χ0) is 22.1. The van der Waals surface area contributed by atoms with Gasteiger partial charge in [0.1, 0.15) is 11.4 Å². The molecule has 0 saturated heterocycles. The van der Waals surface area contributed by atoms with Crippen LogP contribution in [0.3, 0.4) is 0 Å². The van der Waals surface area contributed by atoms with Gasteiger partial charge in [-0.2, -0.15) is 0 Å². The molecule has 0 radical (unpaired) electrons. The number of hydrogen-bond donors (Lipinski definition) is 1. The fraction of sp³-hybridized carbons (Fsp3) is 0.667. The Balaban J connectivity index is 1.71. The summed E-state index contributed by atoms with van der Waals surface area (Å²) in [6, 6.07) is 0. The first kappa shape index (κ1) is 21.2. The zero-order valence-corrected chi connectivity index (χ0v) is 18.1. The van der Waals surface area contributed by atoms with E-state index < -0.39 is 34.8 Å². The minimum atomic E-state index is -1.71. The van der Waals surface area contributed by atoms with Crippen LogP contribution in [-0.4, -0.2) is 40.6 Å². The molecule has 162 valence electrons. The zero-order valence-electron chi connectivity index (χ0n) is 18.1. The predicted octanol–water partition coefficient (Wildman–Crippen LogP) is 2.58. The molecule has 0 amide bonds. The number of fused-ring (bicyclic) bond motifs is 5. The van der Waals surface area contributed by atoms with E-state index in [2.05, 4.69) is 0 Å². The normalized spacial score (nSPS) is 44.6. The first-order valence-electron chi connectivity index (χ1n) is 10.8. The Hall–Kier alpha value is -2.08. The van der Waals surface area contributed by atoms with Crippen LogP contribution in [0.4, 0.5) is 0 Å². The number of rotatable bonds is 3. The second-order valence-electron chi connectivity index (χ2n) is 10.1. The number of ketones is 3. The molecule has 0 unspecified atom stereocenters. The van der Waals surface area contributed by atoms with Gasteiger partial charge in [-0.3, -0.25) is 19.2 Å². The van der Waals surface area contributed by atoms with E-state index >= 15 is 0 Å². The van der Waals surface area contributed by atoms with Gasteiger partial charge in [0.2, 0.25) is 5.78 Å². The summed E-state index contributed by atoms with van der Waals surface area (Å²) >= 11 is 0. The van der Waals surface area contributed by atoms with Crippen LogP contribution in [0.5, 0.6) is 0 Å². The van der Waals surface area contributed by atoms with Crippen molar-refractivity contribution in [2.24, 2.45) is 34.5 Å². The highest BCUT2D eigenvalue weighted by atomic mass is 16.5. The SMILES string of the molecule is CC(=O)OCC(=O)[C@@]1(O)[C@@H](C)C[C@H]2[C@@H]3CCC4=CC(=O)C=C[C@]4(C)[C@H]3C(=O)C[C@@]21C. The van der Waals surface area contributed by atoms with E-state index in [4.69, 9.17) is 4.74 Å². The number of ether oxygens (including phenoxy) is 1. The van der Waals surface area contributed by atoms with Crippen LogP contribution in [0.1, 0.15) is 53.4 Å². The van der Waals surface area contributed by atoms with Gasteiger partial charge >= 0.3 is 5.97 Å². The van der Waals surface area contributed by atoms with Crippen LogP contribution in [0.15, 0.2) is 23.8 Å². The third kappa shape index (κ3) is 2.65. The maximum atomic E-state index is 13.5. The molecule has 3 fully saturated rings. The van der Waals surface area contributed by atoms with Gasteiger partial charge in [0.05, 0.1) is 0 Å². The van der Waals surface area contributed by atoms with Crippen LogP contribution >= 0.6 is 0 Å². The van der Waals surface area contributed by atoms with Gasteiger partial charge in [0.15, 0.2) is 12.4 Å². The molecule has 6 heteroatoms. The molecule has 6 nitrogen and oxygen atoms in total. The summed E-state index contributed by atoms with van der Waals surface area (Å²) in [7, 11) is 0. The van der Waals surface area contributed by atoms with Crippen LogP contribution in [0.25, 0.3) is 0 Å². The van der Waals surface area contributed by atoms with Gasteiger partial charge in [0, 0.05) is 30.1 Å². The standard InChI is InChI=1S/C24H30O6/c1-13-9-18-17-6-5-15-10-16(26)7-8-22(15,3)21(17)19(27)11-23(18,4)24(13,29)20(28)12-30-14(2)25/h7-8,10,13,17-18,21,29H,5-6,9,11-12H2,1-4H3/t13-,17-,18-,21+,22-,23-,24-/m0/s1. The van der Waals surface area contributed by atoms with E-state index in [0.29, 0.717) is 6.42 Å². The minimum absolute atomic E-state index is 0.00545. The molecule has 7 atom stereocenters. The van der Waals surface area contributed by atoms with Crippen molar-refractivity contribution in [3.63, 3.8) is 0 Å². The molecule has 0 aromatic rings. The van der Waals surface area contributed by atoms with Gasteiger partial charge in [-0.05, 0) is 49.2 Å². The largest absolute Gasteiger partial charge is 0.458 e. The highest BCUT2D eigenvalue weighted by Crippen LogP contribution is 2.67. The molecule has 4 aliphatic rings. The highest BCUT2D eigenvalue weighted by Gasteiger charge is 2.70. The molecule has 0 bridgehead atoms. The summed E-state index contributed by atoms with van der Waals surface area (Å²) in [5.74, 6) is -1.63. The number of hydrogen-bond acceptors (Lipinski definition) is 6. The van der Waals surface area contributed by atoms with Crippen molar-refractivity contribution in [3.8, 4) is 0 Å². The van der Waals surface area contributed by atoms with E-state index in [1.807, 2.05) is 26.8 Å². The third-order valence-corrected chi connectivity index (χ3v) is 8.67. The van der Waals surface area contributed by atoms with Crippen molar-refractivity contribution in [2.45, 2.75) is 59.0 Å². The molecule has 0 aliphatic heterocycles. The lowest BCUT2D eigenvalue weighted by Gasteiger charge is -2.56. The van der Waals surface area contributed by atoms with Gasteiger partial charge in [-0.15, -0.1) is 0 Å². The molecule has 3 saturated carbocycles. The Labute approximate surface area is 176 Å². The van der Waals surface area contributed by atoms with Gasteiger partial charge in [-0.1, -0.05) is 32.4 Å². The van der Waals surface area contributed by atoms with Crippen molar-refractivity contribution in [3.05, 3.63) is 23.8 Å². The average molecular weight is 414 g/mol. The predicted molar refractivity (Wildman–Crippen MR) is 108 cm³/mol. The number of esters is 1. The molecule has 0 spiro atoms. The molecule has 4 aliphatic carbocycles. The Morgan fingerprint density at radius 1 is 1.27 bits per heavy atom. The number of carbonyl (C=O) groups excluding carboxylic acids is 4. The lowest BCUT2D eigenvalue weighted by atomic mass is 9.46. The number of aliphatic hydroxyl groups is 1. The van der Waals surface area contributed by atoms with Gasteiger partial charge in [0.25, 0.3) is 0 Å². The van der Waals surface area contributed by atoms with Crippen LogP contribution in [-0.2, 0) is 23.9 Å². The van der Waals surface area contributed by atoms with E-state index in [-0.39, 0.29) is 41.7 Å². The van der Waals surface area contributed by atoms with Crippen molar-refractivity contribution >= 4 is 23.3 Å². The number of Topliss-reactive ketones (excluding diaryl/α,β-unsaturated/α-hetero) is 2. The van der Waals surface area contributed by atoms with Gasteiger partial charge in [-0.25, -0.2) is 0 Å². The second-order valence-corrected chi connectivity index (χ2v) is 10.1. The lowest BCUT2D eigenvalue weighted by Crippen LogP contribution is -2.62. The van der Waals surface area contributed by atoms with Gasteiger partial charge < -0.3 is 9.84 Å². The Morgan fingerprint density at radius 2 is 1.97 bits per heavy atom. The summed E-state index contributed by atoms with van der Waals surface area (Å²) in [6.45, 7) is 6.50. The van der Waals surface area contributed by atoms with Crippen molar-refractivity contribution in [1.82, 2.24) is 0 Å². The fourth-order valence-electron chi connectivity index (χ4n) is 7.24. The highest BCUT2D eigenvalue weighted by molar-refractivity contribution is 6.02. The topological polar surface area (TPSA) is 97.7 Å². The smallest absolute Gasteiger partial charge is 0.303 e. The molecule has 0 aromatic carbocycles. The third-order valence-electron chi connectivity index (χ3n) is 8.67. The summed E-state index contributed by atoms with van der Waals surface area (Å²) in [5.41, 5.74) is -2.07. The van der Waals surface area contributed by atoms with E-state index in [1.54, 1.807) is 12.2 Å². The molecular formula is C24H30O6. The van der Waals surface area contributed by atoms with Crippen LogP contribution in [0, 0.1) is 34.5 Å². The van der Waals surface area contributed by atoms with E-state index in [9.17, 15) is 24.3 Å². The maximum Gasteiger partial charge on any atom is 0.303 e.